The molecule has 3 nitrogen and oxygen atoms in total. The van der Waals surface area contributed by atoms with E-state index in [1.54, 1.807) is 11.3 Å². The molecule has 1 aromatic rings. The molecule has 0 bridgehead atoms. The van der Waals surface area contributed by atoms with Gasteiger partial charge < -0.3 is 10.6 Å². The lowest BCUT2D eigenvalue weighted by atomic mass is 10.5. The molecule has 1 heterocycles. The third-order valence-corrected chi connectivity index (χ3v) is 2.89. The van der Waals surface area contributed by atoms with E-state index in [1.807, 2.05) is 16.8 Å². The number of hydrogen-bond donors (Lipinski definition) is 2. The van der Waals surface area contributed by atoms with Crippen molar-refractivity contribution in [2.24, 2.45) is 5.92 Å². The van der Waals surface area contributed by atoms with Crippen LogP contribution < -0.4 is 10.6 Å². The zero-order valence-electron chi connectivity index (χ0n) is 7.41. The maximum Gasteiger partial charge on any atom is 0.319 e. The third-order valence-electron chi connectivity index (χ3n) is 2.21. The van der Waals surface area contributed by atoms with Crippen molar-refractivity contribution in [3.05, 3.63) is 16.8 Å². The van der Waals surface area contributed by atoms with E-state index < -0.39 is 0 Å². The van der Waals surface area contributed by atoms with Crippen molar-refractivity contribution in [2.45, 2.75) is 19.4 Å². The van der Waals surface area contributed by atoms with E-state index in [-0.39, 0.29) is 6.03 Å². The van der Waals surface area contributed by atoms with Crippen LogP contribution in [0.4, 0.5) is 10.5 Å². The molecular formula is C9H12N2OS. The number of anilines is 1. The van der Waals surface area contributed by atoms with Gasteiger partial charge in [0.2, 0.25) is 0 Å². The van der Waals surface area contributed by atoms with Crippen molar-refractivity contribution in [2.75, 3.05) is 5.32 Å². The molecule has 2 atom stereocenters. The molecule has 0 radical (unpaired) electrons. The quantitative estimate of drug-likeness (QED) is 0.748. The Morgan fingerprint density at radius 1 is 1.69 bits per heavy atom. The van der Waals surface area contributed by atoms with E-state index in [0.29, 0.717) is 12.0 Å². The third kappa shape index (κ3) is 2.21. The Labute approximate surface area is 81.2 Å². The Morgan fingerprint density at radius 3 is 3.00 bits per heavy atom. The number of nitrogens with one attached hydrogen (secondary N) is 2. The number of carbonyl (C=O) groups excluding carboxylic acids is 1. The van der Waals surface area contributed by atoms with E-state index in [9.17, 15) is 4.79 Å². The predicted octanol–water partition coefficient (Wildman–Crippen LogP) is 2.28. The van der Waals surface area contributed by atoms with Gasteiger partial charge >= 0.3 is 6.03 Å². The van der Waals surface area contributed by atoms with Gasteiger partial charge in [0.05, 0.1) is 5.69 Å². The molecule has 2 amide bonds. The van der Waals surface area contributed by atoms with Gasteiger partial charge in [-0.2, -0.15) is 11.3 Å². The SMILES string of the molecule is CC1CC1NC(=O)Nc1ccsc1. The van der Waals surface area contributed by atoms with Crippen LogP contribution >= 0.6 is 11.3 Å². The van der Waals surface area contributed by atoms with Crippen molar-refractivity contribution in [1.29, 1.82) is 0 Å². The van der Waals surface area contributed by atoms with Crippen molar-refractivity contribution < 1.29 is 4.79 Å². The normalized spacial score (nSPS) is 25.3. The Morgan fingerprint density at radius 2 is 2.46 bits per heavy atom. The second-order valence-electron chi connectivity index (χ2n) is 3.43. The molecular weight excluding hydrogens is 184 g/mol. The first-order valence-corrected chi connectivity index (χ1v) is 5.29. The van der Waals surface area contributed by atoms with Crippen LogP contribution in [0.3, 0.4) is 0 Å². The predicted molar refractivity (Wildman–Crippen MR) is 54.0 cm³/mol. The highest BCUT2D eigenvalue weighted by molar-refractivity contribution is 7.08. The van der Waals surface area contributed by atoms with Crippen LogP contribution in [0.15, 0.2) is 16.8 Å². The molecule has 2 rings (SSSR count). The maximum absolute atomic E-state index is 11.3. The minimum Gasteiger partial charge on any atom is -0.335 e. The Hall–Kier alpha value is -1.03. The summed E-state index contributed by atoms with van der Waals surface area (Å²) in [5.41, 5.74) is 0.871. The molecule has 4 heteroatoms. The molecule has 2 unspecified atom stereocenters. The first-order chi connectivity index (χ1) is 6.25. The van der Waals surface area contributed by atoms with Gasteiger partial charge in [-0.05, 0) is 23.8 Å². The molecule has 2 N–H and O–H groups in total. The lowest BCUT2D eigenvalue weighted by Gasteiger charge is -2.03. The van der Waals surface area contributed by atoms with Gasteiger partial charge in [-0.15, -0.1) is 0 Å². The molecule has 0 saturated heterocycles. The van der Waals surface area contributed by atoms with Crippen molar-refractivity contribution in [1.82, 2.24) is 5.32 Å². The summed E-state index contributed by atoms with van der Waals surface area (Å²) in [5.74, 6) is 0.647. The topological polar surface area (TPSA) is 41.1 Å². The van der Waals surface area contributed by atoms with Gasteiger partial charge in [-0.1, -0.05) is 6.92 Å². The second-order valence-corrected chi connectivity index (χ2v) is 4.21. The van der Waals surface area contributed by atoms with Crippen LogP contribution in [0.5, 0.6) is 0 Å². The monoisotopic (exact) mass is 196 g/mol. The first-order valence-electron chi connectivity index (χ1n) is 4.35. The zero-order valence-corrected chi connectivity index (χ0v) is 8.23. The van der Waals surface area contributed by atoms with Gasteiger partial charge in [0.25, 0.3) is 0 Å². The number of rotatable bonds is 2. The molecule has 0 spiro atoms. The molecule has 1 aromatic heterocycles. The van der Waals surface area contributed by atoms with Gasteiger partial charge in [-0.25, -0.2) is 4.79 Å². The summed E-state index contributed by atoms with van der Waals surface area (Å²) >= 11 is 1.57. The minimum atomic E-state index is -0.0900. The number of carbonyl (C=O) groups is 1. The van der Waals surface area contributed by atoms with Gasteiger partial charge in [0, 0.05) is 11.4 Å². The number of urea groups is 1. The van der Waals surface area contributed by atoms with Crippen LogP contribution in [0, 0.1) is 5.92 Å². The fraction of sp³-hybridized carbons (Fsp3) is 0.444. The van der Waals surface area contributed by atoms with E-state index in [4.69, 9.17) is 0 Å². The molecule has 1 aliphatic rings. The summed E-state index contributed by atoms with van der Waals surface area (Å²) in [6.07, 6.45) is 1.11. The standard InChI is InChI=1S/C9H12N2OS/c1-6-4-8(6)11-9(12)10-7-2-3-13-5-7/h2-3,5-6,8H,4H2,1H3,(H2,10,11,12). The highest BCUT2D eigenvalue weighted by Crippen LogP contribution is 2.28. The lowest BCUT2D eigenvalue weighted by molar-refractivity contribution is 0.251. The molecule has 13 heavy (non-hydrogen) atoms. The van der Waals surface area contributed by atoms with Gasteiger partial charge in [0.15, 0.2) is 0 Å². The average molecular weight is 196 g/mol. The van der Waals surface area contributed by atoms with Crippen molar-refractivity contribution in [3.8, 4) is 0 Å². The van der Waals surface area contributed by atoms with Crippen molar-refractivity contribution in [3.63, 3.8) is 0 Å². The van der Waals surface area contributed by atoms with Crippen LogP contribution in [-0.4, -0.2) is 12.1 Å². The van der Waals surface area contributed by atoms with E-state index >= 15 is 0 Å². The molecule has 0 aliphatic heterocycles. The summed E-state index contributed by atoms with van der Waals surface area (Å²) in [6, 6.07) is 2.19. The first kappa shape index (κ1) is 8.56. The smallest absolute Gasteiger partial charge is 0.319 e. The summed E-state index contributed by atoms with van der Waals surface area (Å²) < 4.78 is 0. The molecule has 70 valence electrons. The van der Waals surface area contributed by atoms with E-state index in [0.717, 1.165) is 12.1 Å². The highest BCUT2D eigenvalue weighted by Gasteiger charge is 2.33. The number of hydrogen-bond acceptors (Lipinski definition) is 2. The lowest BCUT2D eigenvalue weighted by Crippen LogP contribution is -2.31. The highest BCUT2D eigenvalue weighted by atomic mass is 32.1. The average Bonchev–Trinajstić information content (AvgIpc) is 2.61. The molecule has 0 aromatic carbocycles. The van der Waals surface area contributed by atoms with Gasteiger partial charge in [0.1, 0.15) is 0 Å². The largest absolute Gasteiger partial charge is 0.335 e. The summed E-state index contributed by atoms with van der Waals surface area (Å²) in [7, 11) is 0. The Balaban J connectivity index is 1.79. The summed E-state index contributed by atoms with van der Waals surface area (Å²) in [6.45, 7) is 2.13. The maximum atomic E-state index is 11.3. The van der Waals surface area contributed by atoms with Crippen LogP contribution in [-0.2, 0) is 0 Å². The Kier molecular flexibility index (Phi) is 2.22. The van der Waals surface area contributed by atoms with Crippen LogP contribution in [0.2, 0.25) is 0 Å². The minimum absolute atomic E-state index is 0.0900. The fourth-order valence-corrected chi connectivity index (χ4v) is 1.78. The van der Waals surface area contributed by atoms with E-state index in [2.05, 4.69) is 17.6 Å². The summed E-state index contributed by atoms with van der Waals surface area (Å²) in [5, 5.41) is 9.52. The van der Waals surface area contributed by atoms with Gasteiger partial charge in [-0.3, -0.25) is 0 Å². The Bertz CT molecular complexity index is 297. The van der Waals surface area contributed by atoms with E-state index in [1.165, 1.54) is 0 Å². The van der Waals surface area contributed by atoms with Crippen LogP contribution in [0.25, 0.3) is 0 Å². The number of thiophene rings is 1. The second kappa shape index (κ2) is 3.38. The number of amides is 2. The molecule has 1 aliphatic carbocycles. The van der Waals surface area contributed by atoms with Crippen molar-refractivity contribution >= 4 is 23.1 Å². The van der Waals surface area contributed by atoms with Crippen LogP contribution in [0.1, 0.15) is 13.3 Å². The fourth-order valence-electron chi connectivity index (χ4n) is 1.19. The molecule has 1 saturated carbocycles. The summed E-state index contributed by atoms with van der Waals surface area (Å²) in [4.78, 5) is 11.3. The molecule has 1 fully saturated rings. The zero-order chi connectivity index (χ0) is 9.26.